The number of nitrogens with zero attached hydrogens (tertiary/aromatic N) is 1. The number of methoxy groups -OCH3 is 1. The molecule has 0 unspecified atom stereocenters. The van der Waals surface area contributed by atoms with Crippen LogP contribution in [0.25, 0.3) is 6.08 Å². The van der Waals surface area contributed by atoms with Crippen molar-refractivity contribution < 1.29 is 14.3 Å². The maximum absolute atomic E-state index is 13.5. The third kappa shape index (κ3) is 4.54. The number of thioether (sulfide) groups is 1. The summed E-state index contributed by atoms with van der Waals surface area (Å²) in [6.07, 6.45) is 1.82. The lowest BCUT2D eigenvalue weighted by Gasteiger charge is -2.31. The molecule has 1 amide bonds. The molecule has 0 fully saturated rings. The highest BCUT2D eigenvalue weighted by Gasteiger charge is 2.37. The SMILES string of the molecule is COC(=O)C1=C(Nc2ccccc2)S/C(=C\c2ccccc2)C(=O)N1c1ccccc1. The molecule has 0 radical (unpaired) electrons. The summed E-state index contributed by atoms with van der Waals surface area (Å²) in [7, 11) is 1.31. The number of hydrogen-bond acceptors (Lipinski definition) is 5. The average molecular weight is 429 g/mol. The van der Waals surface area contributed by atoms with Gasteiger partial charge >= 0.3 is 5.97 Å². The molecule has 1 N–H and O–H groups in total. The van der Waals surface area contributed by atoms with E-state index in [9.17, 15) is 9.59 Å². The summed E-state index contributed by atoms with van der Waals surface area (Å²) in [5.41, 5.74) is 2.43. The number of carbonyl (C=O) groups is 2. The number of nitrogens with one attached hydrogen (secondary N) is 1. The van der Waals surface area contributed by atoms with E-state index in [-0.39, 0.29) is 11.6 Å². The molecule has 0 spiro atoms. The Kier molecular flexibility index (Phi) is 6.19. The van der Waals surface area contributed by atoms with Gasteiger partial charge in [-0.15, -0.1) is 0 Å². The molecule has 1 aliphatic heterocycles. The standard InChI is InChI=1S/C25H20N2O3S/c1-30-25(29)22-23(26-19-13-7-3-8-14-19)31-21(17-18-11-5-2-6-12-18)24(28)27(22)20-15-9-4-10-16-20/h2-17,26H,1H3/b21-17-. The minimum atomic E-state index is -0.595. The molecule has 5 nitrogen and oxygen atoms in total. The van der Waals surface area contributed by atoms with Crippen LogP contribution in [-0.2, 0) is 14.3 Å². The maximum atomic E-state index is 13.5. The average Bonchev–Trinajstić information content (AvgIpc) is 2.82. The molecule has 1 aliphatic rings. The number of para-hydroxylation sites is 2. The highest BCUT2D eigenvalue weighted by Crippen LogP contribution is 2.40. The van der Waals surface area contributed by atoms with Crippen LogP contribution in [0.4, 0.5) is 11.4 Å². The predicted molar refractivity (Wildman–Crippen MR) is 125 cm³/mol. The van der Waals surface area contributed by atoms with E-state index in [2.05, 4.69) is 5.32 Å². The second-order valence-corrected chi connectivity index (χ2v) is 7.71. The van der Waals surface area contributed by atoms with Crippen molar-refractivity contribution in [3.63, 3.8) is 0 Å². The molecule has 0 atom stereocenters. The molecule has 4 rings (SSSR count). The fraction of sp³-hybridized carbons (Fsp3) is 0.0400. The second kappa shape index (κ2) is 9.36. The lowest BCUT2D eigenvalue weighted by atomic mass is 10.2. The Labute approximate surface area is 185 Å². The third-order valence-electron chi connectivity index (χ3n) is 4.59. The predicted octanol–water partition coefficient (Wildman–Crippen LogP) is 5.26. The first-order chi connectivity index (χ1) is 15.2. The molecule has 0 aromatic heterocycles. The summed E-state index contributed by atoms with van der Waals surface area (Å²) in [4.78, 5) is 28.2. The van der Waals surface area contributed by atoms with Crippen molar-refractivity contribution in [3.05, 3.63) is 112 Å². The van der Waals surface area contributed by atoms with Gasteiger partial charge in [0.05, 0.1) is 12.0 Å². The summed E-state index contributed by atoms with van der Waals surface area (Å²) < 4.78 is 5.05. The van der Waals surface area contributed by atoms with E-state index >= 15 is 0 Å². The largest absolute Gasteiger partial charge is 0.464 e. The number of benzene rings is 3. The van der Waals surface area contributed by atoms with Crippen LogP contribution in [0.3, 0.4) is 0 Å². The lowest BCUT2D eigenvalue weighted by Crippen LogP contribution is -2.39. The number of anilines is 2. The van der Waals surface area contributed by atoms with Crippen LogP contribution >= 0.6 is 11.8 Å². The van der Waals surface area contributed by atoms with Gasteiger partial charge in [-0.2, -0.15) is 0 Å². The number of carbonyl (C=O) groups excluding carboxylic acids is 2. The number of amides is 1. The number of hydrogen-bond donors (Lipinski definition) is 1. The Morgan fingerprint density at radius 3 is 2.10 bits per heavy atom. The minimum Gasteiger partial charge on any atom is -0.464 e. The van der Waals surface area contributed by atoms with Gasteiger partial charge in [-0.1, -0.05) is 78.5 Å². The first-order valence-electron chi connectivity index (χ1n) is 9.66. The van der Waals surface area contributed by atoms with Crippen LogP contribution in [-0.4, -0.2) is 19.0 Å². The zero-order chi connectivity index (χ0) is 21.6. The van der Waals surface area contributed by atoms with E-state index in [1.807, 2.05) is 84.9 Å². The molecular weight excluding hydrogens is 408 g/mol. The molecule has 3 aromatic carbocycles. The molecule has 1 heterocycles. The van der Waals surface area contributed by atoms with Gasteiger partial charge in [0.1, 0.15) is 5.03 Å². The van der Waals surface area contributed by atoms with Gasteiger partial charge in [0.2, 0.25) is 0 Å². The quantitative estimate of drug-likeness (QED) is 0.444. The molecular formula is C25H20N2O3S. The van der Waals surface area contributed by atoms with E-state index in [0.717, 1.165) is 11.3 Å². The summed E-state index contributed by atoms with van der Waals surface area (Å²) in [5.74, 6) is -0.888. The van der Waals surface area contributed by atoms with Crippen molar-refractivity contribution in [2.24, 2.45) is 0 Å². The summed E-state index contributed by atoms with van der Waals surface area (Å²) in [6.45, 7) is 0. The summed E-state index contributed by atoms with van der Waals surface area (Å²) in [5, 5.41) is 3.81. The smallest absolute Gasteiger partial charge is 0.357 e. The number of esters is 1. The van der Waals surface area contributed by atoms with Crippen LogP contribution in [0.1, 0.15) is 5.56 Å². The molecule has 154 valence electrons. The Morgan fingerprint density at radius 1 is 0.903 bits per heavy atom. The highest BCUT2D eigenvalue weighted by atomic mass is 32.2. The Bertz CT molecular complexity index is 1140. The Balaban J connectivity index is 1.88. The van der Waals surface area contributed by atoms with Crippen molar-refractivity contribution in [2.45, 2.75) is 0 Å². The van der Waals surface area contributed by atoms with Crippen LogP contribution in [0.15, 0.2) is 107 Å². The lowest BCUT2D eigenvalue weighted by molar-refractivity contribution is -0.136. The van der Waals surface area contributed by atoms with Gasteiger partial charge in [0.25, 0.3) is 5.91 Å². The van der Waals surface area contributed by atoms with E-state index in [0.29, 0.717) is 15.6 Å². The van der Waals surface area contributed by atoms with Crippen molar-refractivity contribution in [2.75, 3.05) is 17.3 Å². The fourth-order valence-electron chi connectivity index (χ4n) is 3.15. The van der Waals surface area contributed by atoms with Crippen LogP contribution in [0.2, 0.25) is 0 Å². The van der Waals surface area contributed by atoms with E-state index in [1.165, 1.54) is 23.8 Å². The summed E-state index contributed by atoms with van der Waals surface area (Å²) in [6, 6.07) is 28.2. The van der Waals surface area contributed by atoms with Crippen molar-refractivity contribution >= 4 is 41.1 Å². The Morgan fingerprint density at radius 2 is 1.48 bits per heavy atom. The fourth-order valence-corrected chi connectivity index (χ4v) is 4.18. The van der Waals surface area contributed by atoms with Gasteiger partial charge in [0, 0.05) is 11.4 Å². The highest BCUT2D eigenvalue weighted by molar-refractivity contribution is 8.08. The van der Waals surface area contributed by atoms with Crippen molar-refractivity contribution in [1.29, 1.82) is 0 Å². The van der Waals surface area contributed by atoms with Gasteiger partial charge < -0.3 is 10.1 Å². The van der Waals surface area contributed by atoms with Crippen LogP contribution < -0.4 is 10.2 Å². The van der Waals surface area contributed by atoms with Gasteiger partial charge in [-0.3, -0.25) is 9.69 Å². The first kappa shape index (κ1) is 20.5. The van der Waals surface area contributed by atoms with Gasteiger partial charge in [-0.25, -0.2) is 4.79 Å². The van der Waals surface area contributed by atoms with Crippen LogP contribution in [0, 0.1) is 0 Å². The second-order valence-electron chi connectivity index (χ2n) is 6.66. The molecule has 3 aromatic rings. The normalized spacial score (nSPS) is 15.2. The van der Waals surface area contributed by atoms with E-state index in [1.54, 1.807) is 12.1 Å². The van der Waals surface area contributed by atoms with Crippen molar-refractivity contribution in [3.8, 4) is 0 Å². The van der Waals surface area contributed by atoms with Gasteiger partial charge in [-0.05, 0) is 35.9 Å². The molecule has 31 heavy (non-hydrogen) atoms. The number of rotatable bonds is 5. The monoisotopic (exact) mass is 428 g/mol. The molecule has 6 heteroatoms. The molecule has 0 saturated heterocycles. The van der Waals surface area contributed by atoms with Crippen LogP contribution in [0.5, 0.6) is 0 Å². The molecule has 0 bridgehead atoms. The third-order valence-corrected chi connectivity index (χ3v) is 5.60. The molecule has 0 aliphatic carbocycles. The minimum absolute atomic E-state index is 0.151. The van der Waals surface area contributed by atoms with Gasteiger partial charge in [0.15, 0.2) is 5.70 Å². The zero-order valence-electron chi connectivity index (χ0n) is 16.8. The zero-order valence-corrected chi connectivity index (χ0v) is 17.6. The first-order valence-corrected chi connectivity index (χ1v) is 10.5. The van der Waals surface area contributed by atoms with E-state index in [4.69, 9.17) is 4.74 Å². The topological polar surface area (TPSA) is 58.6 Å². The van der Waals surface area contributed by atoms with Crippen molar-refractivity contribution in [1.82, 2.24) is 0 Å². The number of ether oxygens (including phenoxy) is 1. The maximum Gasteiger partial charge on any atom is 0.357 e. The Hall–Kier alpha value is -3.77. The van der Waals surface area contributed by atoms with E-state index < -0.39 is 5.97 Å². The molecule has 0 saturated carbocycles. The summed E-state index contributed by atoms with van der Waals surface area (Å²) >= 11 is 1.22.